The van der Waals surface area contributed by atoms with Crippen LogP contribution in [0.5, 0.6) is 0 Å². The van der Waals surface area contributed by atoms with Gasteiger partial charge in [-0.1, -0.05) is 85.2 Å². The van der Waals surface area contributed by atoms with Crippen LogP contribution in [0.2, 0.25) is 10.0 Å². The summed E-state index contributed by atoms with van der Waals surface area (Å²) in [4.78, 5) is 126. The monoisotopic (exact) mass is 1380 g/mol. The normalized spacial score (nSPS) is 19.2. The largest absolute Gasteiger partial charge is 1.00 e. The van der Waals surface area contributed by atoms with Crippen molar-refractivity contribution < 1.29 is 125 Å². The molecule has 5 atom stereocenters. The summed E-state index contributed by atoms with van der Waals surface area (Å²) in [6.07, 6.45) is 3.13. The fourth-order valence-corrected chi connectivity index (χ4v) is 9.51. The number of amides is 6. The zero-order valence-electron chi connectivity index (χ0n) is 52.8. The molecule has 10 rings (SSSR count). The Hall–Kier alpha value is -7.90. The van der Waals surface area contributed by atoms with Gasteiger partial charge in [-0.05, 0) is 74.7 Å². The molecule has 22 nitrogen and oxygen atoms in total. The number of rotatable bonds is 11. The third kappa shape index (κ3) is 29.6. The van der Waals surface area contributed by atoms with Crippen LogP contribution in [0.15, 0.2) is 97.1 Å². The van der Waals surface area contributed by atoms with Gasteiger partial charge in [0.1, 0.15) is 17.9 Å². The molecule has 31 heteroatoms. The fraction of sp³-hybridized carbons (Fsp3) is 0.444. The van der Waals surface area contributed by atoms with Gasteiger partial charge in [0, 0.05) is 112 Å². The van der Waals surface area contributed by atoms with Gasteiger partial charge in [-0.2, -0.15) is 9.59 Å². The zero-order chi connectivity index (χ0) is 69.3. The summed E-state index contributed by atoms with van der Waals surface area (Å²) in [5.41, 5.74) is 8.38. The molecular formula is C63H77Cl2F6N8NaO14. The summed E-state index contributed by atoms with van der Waals surface area (Å²) >= 11 is 12.0. The molecule has 510 valence electrons. The second-order valence-electron chi connectivity index (χ2n) is 20.8. The molecule has 4 aliphatic heterocycles. The number of nitrogens with one attached hydrogen (secondary N) is 2. The van der Waals surface area contributed by atoms with Gasteiger partial charge in [0.15, 0.2) is 18.7 Å². The molecule has 1 unspecified atom stereocenters. The van der Waals surface area contributed by atoms with Crippen molar-refractivity contribution in [2.45, 2.75) is 153 Å². The first kappa shape index (κ1) is 86.1. The minimum atomic E-state index is -2.86. The summed E-state index contributed by atoms with van der Waals surface area (Å²) in [6.45, 7) is 11.1. The topological polar surface area (TPSA) is 304 Å². The molecule has 0 spiro atoms. The number of hydrogen-bond donors (Lipinski definition) is 3. The number of nitrogen functional groups attached to an aromatic ring is 1. The number of carbonyl (C=O) groups excluding carboxylic acids is 11. The first-order chi connectivity index (χ1) is 43.5. The molecule has 6 fully saturated rings. The van der Waals surface area contributed by atoms with Crippen molar-refractivity contribution in [1.82, 2.24) is 25.3 Å². The van der Waals surface area contributed by atoms with Crippen LogP contribution in [0.1, 0.15) is 120 Å². The Labute approximate surface area is 575 Å². The van der Waals surface area contributed by atoms with Gasteiger partial charge in [-0.25, -0.2) is 28.5 Å². The standard InChI is InChI=1S/C24H23ClF3N3O3.C7H5ClO.C7H9N.C6H9NO3.C6H11NO.C5H5F2N.C5H7NO3.CH3F.CO2.CH4.Na.H2O/c1-30-19(9-10-20(30)32)23(34)31(16-6-4-5-14(26)11-16)21(17-7-2-3-8-18(17)25)22(33)29-15-12-24(27,28)13-15;8-7-4-2-1-3-6(7)5-9;1-6-3-2-4-7(8)5-6;1-7-5(9)2-3-6(7)10-4-8;1-5-3-4-6(8)7(5)2;1-8-4-2-5(6,7)3-4;7-3-9-5-2-1-4(8)6-5;1-2;2-1-3;;;/h2-8,11,15,19,21H,9-10,12-13H2,1H3,(H,29,33);1-5H;2-5H,8H2,1H3;4,6H,2-3H2,1H3;5H,3-4H2,1-2H3;4H,2-3H2;3,5H,1-2H2,(H,6,8);1H3;;1H4;;1H2/q;;;;;;;;;;+1;/p-1/t19-,21?;;;6-;5-;;5-;;;;;/m0..11.1...../s1/i;;;;;;;1D;;;;. The molecule has 4 aromatic carbocycles. The summed E-state index contributed by atoms with van der Waals surface area (Å²) in [5.74, 6) is -7.30. The van der Waals surface area contributed by atoms with E-state index in [9.17, 15) is 69.5 Å². The third-order valence-electron chi connectivity index (χ3n) is 14.2. The Bertz CT molecular complexity index is 3160. The number of hydrogen-bond acceptors (Lipinski definition) is 15. The Morgan fingerprint density at radius 1 is 0.787 bits per heavy atom. The Kier molecular flexibility index (Phi) is 40.9. The van der Waals surface area contributed by atoms with E-state index in [1.54, 1.807) is 54.4 Å². The maximum Gasteiger partial charge on any atom is 1.00 e. The number of nitrogens with zero attached hydrogens (tertiary/aromatic N) is 5. The van der Waals surface area contributed by atoms with E-state index in [1.165, 1.54) is 46.7 Å². The molecule has 4 heterocycles. The van der Waals surface area contributed by atoms with Gasteiger partial charge >= 0.3 is 35.7 Å². The molecular weight excluding hydrogens is 1300 g/mol. The summed E-state index contributed by atoms with van der Waals surface area (Å²) < 4.78 is 89.2. The van der Waals surface area contributed by atoms with Crippen LogP contribution < -0.4 is 50.8 Å². The van der Waals surface area contributed by atoms with Crippen LogP contribution in [-0.4, -0.2) is 158 Å². The molecule has 5 N–H and O–H groups in total. The number of halogens is 8. The smallest absolute Gasteiger partial charge is 0.870 e. The Balaban J connectivity index is 0. The van der Waals surface area contributed by atoms with Crippen molar-refractivity contribution in [3.05, 3.63) is 141 Å². The number of likely N-dealkylation sites (N-methyl/N-ethyl adjacent to an activating group) is 1. The Morgan fingerprint density at radius 2 is 1.32 bits per heavy atom. The van der Waals surface area contributed by atoms with Crippen molar-refractivity contribution in [3.63, 3.8) is 0 Å². The van der Waals surface area contributed by atoms with E-state index >= 15 is 0 Å². The molecule has 4 saturated heterocycles. The van der Waals surface area contributed by atoms with Crippen molar-refractivity contribution in [2.24, 2.45) is 0 Å². The average Bonchev–Trinajstić information content (AvgIpc) is 1.68. The van der Waals surface area contributed by atoms with E-state index in [2.05, 4.69) is 31.9 Å². The molecule has 0 radical (unpaired) electrons. The number of likely N-dealkylation sites (tertiary alicyclic amines) is 3. The van der Waals surface area contributed by atoms with Crippen LogP contribution in [0, 0.1) is 19.3 Å². The Morgan fingerprint density at radius 3 is 1.70 bits per heavy atom. The van der Waals surface area contributed by atoms with Crippen molar-refractivity contribution >= 4 is 95.4 Å². The van der Waals surface area contributed by atoms with Crippen molar-refractivity contribution in [1.29, 1.82) is 0 Å². The predicted octanol–water partition coefficient (Wildman–Crippen LogP) is 6.75. The predicted molar refractivity (Wildman–Crippen MR) is 330 cm³/mol. The van der Waals surface area contributed by atoms with Crippen molar-refractivity contribution in [2.75, 3.05) is 38.9 Å². The molecule has 6 aliphatic rings. The van der Waals surface area contributed by atoms with Crippen LogP contribution in [-0.2, 0) is 57.4 Å². The van der Waals surface area contributed by atoms with Crippen LogP contribution in [0.3, 0.4) is 0 Å². The first-order valence-electron chi connectivity index (χ1n) is 28.5. The SMILES string of the molecule is C.CN1C(=O)CC[C@H]1C(=O)N(c1cccc(F)c1)C(C(=O)NC1CC(F)(F)C1)c1ccccc1Cl.CN1C(=O)CC[C@H]1OC=O.C[C@@H]1CCC(=O)N1C.Cc1cccc(N)c1.O=C=O.O=CO[C@@H]1CCC(=O)N1.O=Cc1ccccc1Cl.[2H]CF.[C-]#[N+]C1CC(F)(F)C1.[Na+].[OH-]. The number of nitrogens with two attached hydrogens (primary N) is 1. The number of aryl methyl sites for hydroxylation is 1. The molecule has 6 amide bonds. The molecule has 2 saturated carbocycles. The van der Waals surface area contributed by atoms with Crippen molar-refractivity contribution in [3.8, 4) is 0 Å². The maximum absolute atomic E-state index is 14.2. The second-order valence-corrected chi connectivity index (χ2v) is 21.6. The minimum absolute atomic E-state index is 0. The number of carbonyl (C=O) groups is 9. The molecule has 0 bridgehead atoms. The van der Waals surface area contributed by atoms with Crippen LogP contribution in [0.4, 0.5) is 37.7 Å². The quantitative estimate of drug-likeness (QED) is 0.0460. The number of alkyl halides is 5. The van der Waals surface area contributed by atoms with E-state index in [-0.39, 0.29) is 127 Å². The molecule has 0 aromatic heterocycles. The van der Waals surface area contributed by atoms with Gasteiger partial charge in [0.25, 0.3) is 30.7 Å². The van der Waals surface area contributed by atoms with Gasteiger partial charge in [0.05, 0.1) is 26.4 Å². The number of ether oxygens (including phenoxy) is 2. The molecule has 2 aliphatic carbocycles. The van der Waals surface area contributed by atoms with E-state index in [4.69, 9.17) is 46.5 Å². The number of benzene rings is 4. The third-order valence-corrected chi connectivity index (χ3v) is 14.9. The molecule has 4 aromatic rings. The van der Waals surface area contributed by atoms with E-state index in [0.29, 0.717) is 55.3 Å². The second kappa shape index (κ2) is 44.7. The van der Waals surface area contributed by atoms with E-state index in [0.717, 1.165) is 35.8 Å². The molecule has 94 heavy (non-hydrogen) atoms. The fourth-order valence-electron chi connectivity index (χ4n) is 9.09. The van der Waals surface area contributed by atoms with Gasteiger partial charge in [-0.15, -0.1) is 0 Å². The van der Waals surface area contributed by atoms with E-state index < -0.39 is 73.6 Å². The van der Waals surface area contributed by atoms with E-state index in [1.807, 2.05) is 38.2 Å². The first-order valence-corrected chi connectivity index (χ1v) is 28.6. The number of aldehydes is 1. The van der Waals surface area contributed by atoms with Gasteiger partial charge < -0.3 is 50.9 Å². The summed E-state index contributed by atoms with van der Waals surface area (Å²) in [7, 11) is 3.98. The van der Waals surface area contributed by atoms with Crippen LogP contribution >= 0.6 is 23.2 Å². The number of anilines is 2. The van der Waals surface area contributed by atoms with Gasteiger partial charge in [0.2, 0.25) is 35.6 Å². The summed E-state index contributed by atoms with van der Waals surface area (Å²) in [5, 5.41) is 5.72. The minimum Gasteiger partial charge on any atom is -0.870 e. The van der Waals surface area contributed by atoms with Crippen LogP contribution in [0.25, 0.3) is 4.85 Å². The van der Waals surface area contributed by atoms with Gasteiger partial charge in [-0.3, -0.25) is 52.4 Å². The zero-order valence-corrected chi connectivity index (χ0v) is 55.3. The average molecular weight is 1380 g/mol. The maximum atomic E-state index is 14.2. The summed E-state index contributed by atoms with van der Waals surface area (Å²) in [6, 6.07) is 23.3.